The molecule has 98 valence electrons. The van der Waals surface area contributed by atoms with E-state index in [1.54, 1.807) is 26.1 Å². The minimum Gasteiger partial charge on any atom is -0.481 e. The fourth-order valence-electron chi connectivity index (χ4n) is 1.42. The van der Waals surface area contributed by atoms with Gasteiger partial charge in [0.1, 0.15) is 0 Å². The number of carbonyl (C=O) groups excluding carboxylic acids is 1. The van der Waals surface area contributed by atoms with E-state index in [0.717, 1.165) is 0 Å². The molecule has 5 nitrogen and oxygen atoms in total. The van der Waals surface area contributed by atoms with E-state index in [1.807, 2.05) is 0 Å². The summed E-state index contributed by atoms with van der Waals surface area (Å²) in [6.45, 7) is 3.59. The van der Waals surface area contributed by atoms with Crippen LogP contribution >= 0.6 is 15.9 Å². The van der Waals surface area contributed by atoms with Crippen molar-refractivity contribution >= 4 is 27.8 Å². The van der Waals surface area contributed by atoms with Crippen LogP contribution in [0.5, 0.6) is 0 Å². The largest absolute Gasteiger partial charge is 0.481 e. The number of hydrogen-bond donors (Lipinski definition) is 2. The van der Waals surface area contributed by atoms with Gasteiger partial charge in [-0.1, -0.05) is 0 Å². The summed E-state index contributed by atoms with van der Waals surface area (Å²) in [4.78, 5) is 26.4. The number of halogens is 1. The third kappa shape index (κ3) is 4.44. The Kier molecular flexibility index (Phi) is 4.84. The normalized spacial score (nSPS) is 11.1. The molecule has 0 fully saturated rings. The van der Waals surface area contributed by atoms with Crippen molar-refractivity contribution in [3.63, 3.8) is 0 Å². The average Bonchev–Trinajstić information content (AvgIpc) is 2.26. The van der Waals surface area contributed by atoms with Crippen LogP contribution in [0.4, 0.5) is 0 Å². The standard InChI is InChI=1S/C12H15BrN2O3/c1-12(2,5-3-10(16)17)15-11(18)8-4-6-14-7-9(8)13/h4,6-7H,3,5H2,1-2H3,(H,15,18)(H,16,17). The number of hydrogen-bond acceptors (Lipinski definition) is 3. The zero-order valence-electron chi connectivity index (χ0n) is 10.2. The highest BCUT2D eigenvalue weighted by atomic mass is 79.9. The number of carbonyl (C=O) groups is 2. The smallest absolute Gasteiger partial charge is 0.303 e. The Morgan fingerprint density at radius 2 is 2.17 bits per heavy atom. The first-order valence-corrected chi connectivity index (χ1v) is 6.25. The van der Waals surface area contributed by atoms with Crippen molar-refractivity contribution in [2.75, 3.05) is 0 Å². The van der Waals surface area contributed by atoms with Crippen LogP contribution in [0.15, 0.2) is 22.9 Å². The van der Waals surface area contributed by atoms with E-state index in [4.69, 9.17) is 5.11 Å². The van der Waals surface area contributed by atoms with E-state index in [-0.39, 0.29) is 12.3 Å². The van der Waals surface area contributed by atoms with Gasteiger partial charge in [0.15, 0.2) is 0 Å². The number of pyridine rings is 1. The topological polar surface area (TPSA) is 79.3 Å². The summed E-state index contributed by atoms with van der Waals surface area (Å²) in [5, 5.41) is 11.5. The van der Waals surface area contributed by atoms with Gasteiger partial charge in [-0.3, -0.25) is 14.6 Å². The van der Waals surface area contributed by atoms with Crippen molar-refractivity contribution in [2.24, 2.45) is 0 Å². The summed E-state index contributed by atoms with van der Waals surface area (Å²) >= 11 is 3.25. The van der Waals surface area contributed by atoms with Crippen molar-refractivity contribution < 1.29 is 14.7 Å². The molecule has 18 heavy (non-hydrogen) atoms. The van der Waals surface area contributed by atoms with Gasteiger partial charge in [-0.2, -0.15) is 0 Å². The third-order valence-corrected chi connectivity index (χ3v) is 3.06. The number of rotatable bonds is 5. The number of aliphatic carboxylic acids is 1. The molecule has 0 saturated heterocycles. The highest BCUT2D eigenvalue weighted by molar-refractivity contribution is 9.10. The van der Waals surface area contributed by atoms with Crippen LogP contribution in [-0.2, 0) is 4.79 Å². The number of aromatic nitrogens is 1. The minimum absolute atomic E-state index is 0.0186. The molecular weight excluding hydrogens is 300 g/mol. The van der Waals surface area contributed by atoms with Gasteiger partial charge in [-0.25, -0.2) is 0 Å². The molecule has 0 spiro atoms. The number of carboxylic acids is 1. The number of carboxylic acid groups (broad SMARTS) is 1. The van der Waals surface area contributed by atoms with Gasteiger partial charge < -0.3 is 10.4 Å². The maximum absolute atomic E-state index is 12.0. The first-order chi connectivity index (χ1) is 8.32. The molecule has 0 radical (unpaired) electrons. The summed E-state index contributed by atoms with van der Waals surface area (Å²) < 4.78 is 0.608. The second-order valence-corrected chi connectivity index (χ2v) is 5.44. The predicted molar refractivity (Wildman–Crippen MR) is 70.4 cm³/mol. The summed E-state index contributed by atoms with van der Waals surface area (Å²) in [5.41, 5.74) is -0.0912. The van der Waals surface area contributed by atoms with E-state index in [1.165, 1.54) is 6.20 Å². The molecule has 0 aliphatic rings. The monoisotopic (exact) mass is 314 g/mol. The maximum Gasteiger partial charge on any atom is 0.303 e. The summed E-state index contributed by atoms with van der Waals surface area (Å²) in [5.74, 6) is -1.12. The molecule has 0 aliphatic heterocycles. The Bertz CT molecular complexity index is 460. The Morgan fingerprint density at radius 3 is 2.72 bits per heavy atom. The van der Waals surface area contributed by atoms with Gasteiger partial charge in [-0.05, 0) is 42.3 Å². The van der Waals surface area contributed by atoms with E-state index in [2.05, 4.69) is 26.2 Å². The Morgan fingerprint density at radius 1 is 1.50 bits per heavy atom. The molecule has 1 aromatic heterocycles. The molecule has 0 aromatic carbocycles. The molecule has 1 rings (SSSR count). The molecule has 0 aliphatic carbocycles. The van der Waals surface area contributed by atoms with Gasteiger partial charge in [0, 0.05) is 28.8 Å². The number of nitrogens with zero attached hydrogens (tertiary/aromatic N) is 1. The molecular formula is C12H15BrN2O3. The van der Waals surface area contributed by atoms with Gasteiger partial charge in [0.05, 0.1) is 5.56 Å². The lowest BCUT2D eigenvalue weighted by Gasteiger charge is -2.25. The molecule has 0 atom stereocenters. The first kappa shape index (κ1) is 14.6. The quantitative estimate of drug-likeness (QED) is 0.873. The Balaban J connectivity index is 2.69. The van der Waals surface area contributed by atoms with E-state index in [9.17, 15) is 9.59 Å². The molecule has 1 heterocycles. The molecule has 6 heteroatoms. The molecule has 0 saturated carbocycles. The van der Waals surface area contributed by atoms with Crippen molar-refractivity contribution in [3.05, 3.63) is 28.5 Å². The Hall–Kier alpha value is -1.43. The van der Waals surface area contributed by atoms with Crippen LogP contribution in [0.1, 0.15) is 37.0 Å². The van der Waals surface area contributed by atoms with Crippen LogP contribution in [0.2, 0.25) is 0 Å². The summed E-state index contributed by atoms with van der Waals surface area (Å²) in [6.07, 6.45) is 3.46. The van der Waals surface area contributed by atoms with E-state index in [0.29, 0.717) is 16.5 Å². The maximum atomic E-state index is 12.0. The molecule has 0 bridgehead atoms. The van der Waals surface area contributed by atoms with Crippen LogP contribution < -0.4 is 5.32 Å². The van der Waals surface area contributed by atoms with Crippen molar-refractivity contribution in [1.29, 1.82) is 0 Å². The highest BCUT2D eigenvalue weighted by Gasteiger charge is 2.23. The summed E-state index contributed by atoms with van der Waals surface area (Å²) in [6, 6.07) is 1.60. The Labute approximate surface area is 114 Å². The second kappa shape index (κ2) is 5.95. The molecule has 1 aromatic rings. The fraction of sp³-hybridized carbons (Fsp3) is 0.417. The van der Waals surface area contributed by atoms with Gasteiger partial charge in [0.25, 0.3) is 5.91 Å². The lowest BCUT2D eigenvalue weighted by Crippen LogP contribution is -2.43. The predicted octanol–water partition coefficient (Wildman–Crippen LogP) is 2.22. The van der Waals surface area contributed by atoms with Gasteiger partial charge in [-0.15, -0.1) is 0 Å². The SMILES string of the molecule is CC(C)(CCC(=O)O)NC(=O)c1ccncc1Br. The zero-order chi connectivity index (χ0) is 13.8. The zero-order valence-corrected chi connectivity index (χ0v) is 11.8. The number of amides is 1. The van der Waals surface area contributed by atoms with Crippen molar-refractivity contribution in [2.45, 2.75) is 32.2 Å². The van der Waals surface area contributed by atoms with Gasteiger partial charge >= 0.3 is 5.97 Å². The van der Waals surface area contributed by atoms with Crippen LogP contribution in [0, 0.1) is 0 Å². The summed E-state index contributed by atoms with van der Waals surface area (Å²) in [7, 11) is 0. The molecule has 2 N–H and O–H groups in total. The third-order valence-electron chi connectivity index (χ3n) is 2.43. The van der Waals surface area contributed by atoms with Crippen LogP contribution in [-0.4, -0.2) is 27.5 Å². The van der Waals surface area contributed by atoms with Gasteiger partial charge in [0.2, 0.25) is 0 Å². The fourth-order valence-corrected chi connectivity index (χ4v) is 1.85. The van der Waals surface area contributed by atoms with Crippen molar-refractivity contribution in [3.8, 4) is 0 Å². The van der Waals surface area contributed by atoms with Crippen molar-refractivity contribution in [1.82, 2.24) is 10.3 Å². The lowest BCUT2D eigenvalue weighted by molar-refractivity contribution is -0.137. The first-order valence-electron chi connectivity index (χ1n) is 5.46. The highest BCUT2D eigenvalue weighted by Crippen LogP contribution is 2.17. The second-order valence-electron chi connectivity index (χ2n) is 4.59. The molecule has 1 amide bonds. The lowest BCUT2D eigenvalue weighted by atomic mass is 9.98. The van der Waals surface area contributed by atoms with Crippen LogP contribution in [0.25, 0.3) is 0 Å². The van der Waals surface area contributed by atoms with E-state index >= 15 is 0 Å². The minimum atomic E-state index is -0.873. The molecule has 0 unspecified atom stereocenters. The average molecular weight is 315 g/mol. The number of nitrogens with one attached hydrogen (secondary N) is 1. The van der Waals surface area contributed by atoms with Crippen LogP contribution in [0.3, 0.4) is 0 Å². The van der Waals surface area contributed by atoms with E-state index < -0.39 is 11.5 Å².